The average molecular weight is 454 g/mol. The van der Waals surface area contributed by atoms with Crippen LogP contribution in [0.1, 0.15) is 29.2 Å². The lowest BCUT2D eigenvalue weighted by atomic mass is 10.0. The number of anilines is 2. The van der Waals surface area contributed by atoms with E-state index in [1.807, 2.05) is 62.4 Å². The lowest BCUT2D eigenvalue weighted by Crippen LogP contribution is -2.34. The van der Waals surface area contributed by atoms with E-state index < -0.39 is 0 Å². The van der Waals surface area contributed by atoms with E-state index in [4.69, 9.17) is 0 Å². The fraction of sp³-hybridized carbons (Fsp3) is 0.179. The third kappa shape index (κ3) is 4.91. The van der Waals surface area contributed by atoms with Gasteiger partial charge in [0.15, 0.2) is 0 Å². The van der Waals surface area contributed by atoms with Gasteiger partial charge in [0.2, 0.25) is 5.91 Å². The molecular formula is C28H27N3O3. The summed E-state index contributed by atoms with van der Waals surface area (Å²) < 4.78 is 0. The number of rotatable bonds is 7. The molecule has 0 saturated carbocycles. The van der Waals surface area contributed by atoms with Gasteiger partial charge in [-0.2, -0.15) is 0 Å². The van der Waals surface area contributed by atoms with Crippen molar-refractivity contribution in [3.8, 4) is 0 Å². The fourth-order valence-electron chi connectivity index (χ4n) is 3.94. The first-order valence-electron chi connectivity index (χ1n) is 11.2. The van der Waals surface area contributed by atoms with Crippen LogP contribution in [-0.2, 0) is 20.8 Å². The topological polar surface area (TPSA) is 78.5 Å². The number of carbonyl (C=O) groups is 3. The fourth-order valence-corrected chi connectivity index (χ4v) is 3.94. The summed E-state index contributed by atoms with van der Waals surface area (Å²) >= 11 is 0. The van der Waals surface area contributed by atoms with E-state index in [0.717, 1.165) is 22.4 Å². The van der Waals surface area contributed by atoms with Crippen molar-refractivity contribution in [1.82, 2.24) is 4.90 Å². The van der Waals surface area contributed by atoms with Gasteiger partial charge in [-0.3, -0.25) is 19.3 Å². The second kappa shape index (κ2) is 9.75. The lowest BCUT2D eigenvalue weighted by Gasteiger charge is -2.15. The normalized spacial score (nSPS) is 13.4. The van der Waals surface area contributed by atoms with E-state index in [-0.39, 0.29) is 30.0 Å². The Morgan fingerprint density at radius 2 is 1.50 bits per heavy atom. The Morgan fingerprint density at radius 3 is 2.15 bits per heavy atom. The van der Waals surface area contributed by atoms with Crippen molar-refractivity contribution < 1.29 is 14.4 Å². The Labute approximate surface area is 199 Å². The zero-order valence-corrected chi connectivity index (χ0v) is 19.5. The Bertz CT molecular complexity index is 1280. The molecule has 4 rings (SSSR count). The Hall–Kier alpha value is -4.19. The van der Waals surface area contributed by atoms with Gasteiger partial charge in [-0.1, -0.05) is 48.5 Å². The molecule has 0 aliphatic carbocycles. The van der Waals surface area contributed by atoms with E-state index in [1.54, 1.807) is 24.3 Å². The molecule has 1 aliphatic heterocycles. The molecular weight excluding hydrogens is 426 g/mol. The summed E-state index contributed by atoms with van der Waals surface area (Å²) in [4.78, 5) is 39.5. The van der Waals surface area contributed by atoms with Crippen LogP contribution in [-0.4, -0.2) is 29.2 Å². The zero-order valence-electron chi connectivity index (χ0n) is 19.5. The van der Waals surface area contributed by atoms with Crippen molar-refractivity contribution in [2.24, 2.45) is 0 Å². The number of benzene rings is 3. The van der Waals surface area contributed by atoms with Crippen molar-refractivity contribution in [2.45, 2.75) is 27.2 Å². The molecule has 0 radical (unpaired) electrons. The standard InChI is InChI=1S/C28H27N3O3/c1-18-9-12-24(17-19(18)2)30-26-25(22-10-13-23(14-11-22)29-20(3)32)27(33)31(28(26)34)16-15-21-7-5-4-6-8-21/h4-14,17,30H,15-16H2,1-3H3,(H,29,32). The summed E-state index contributed by atoms with van der Waals surface area (Å²) in [5.41, 5.74) is 5.85. The van der Waals surface area contributed by atoms with E-state index in [0.29, 0.717) is 23.2 Å². The molecule has 3 aromatic rings. The Balaban J connectivity index is 1.67. The van der Waals surface area contributed by atoms with E-state index in [9.17, 15) is 14.4 Å². The number of nitrogens with zero attached hydrogens (tertiary/aromatic N) is 1. The zero-order chi connectivity index (χ0) is 24.2. The van der Waals surface area contributed by atoms with Crippen LogP contribution in [0.2, 0.25) is 0 Å². The number of hydrogen-bond acceptors (Lipinski definition) is 4. The van der Waals surface area contributed by atoms with E-state index in [2.05, 4.69) is 10.6 Å². The predicted molar refractivity (Wildman–Crippen MR) is 134 cm³/mol. The largest absolute Gasteiger partial charge is 0.350 e. The molecule has 1 aliphatic rings. The number of carbonyl (C=O) groups excluding carboxylic acids is 3. The number of hydrogen-bond donors (Lipinski definition) is 2. The molecule has 0 fully saturated rings. The van der Waals surface area contributed by atoms with Gasteiger partial charge in [0.25, 0.3) is 11.8 Å². The van der Waals surface area contributed by atoms with Crippen molar-refractivity contribution in [1.29, 1.82) is 0 Å². The summed E-state index contributed by atoms with van der Waals surface area (Å²) in [6.45, 7) is 5.75. The highest BCUT2D eigenvalue weighted by molar-refractivity contribution is 6.36. The third-order valence-corrected chi connectivity index (χ3v) is 5.91. The van der Waals surface area contributed by atoms with E-state index in [1.165, 1.54) is 11.8 Å². The number of imide groups is 1. The highest BCUT2D eigenvalue weighted by atomic mass is 16.2. The predicted octanol–water partition coefficient (Wildman–Crippen LogP) is 4.70. The highest BCUT2D eigenvalue weighted by Crippen LogP contribution is 2.31. The molecule has 3 amide bonds. The Morgan fingerprint density at radius 1 is 0.824 bits per heavy atom. The molecule has 34 heavy (non-hydrogen) atoms. The molecule has 3 aromatic carbocycles. The second-order valence-corrected chi connectivity index (χ2v) is 8.43. The number of aryl methyl sites for hydroxylation is 2. The molecule has 1 heterocycles. The van der Waals surface area contributed by atoms with Crippen LogP contribution in [0, 0.1) is 13.8 Å². The molecule has 0 aromatic heterocycles. The molecule has 6 heteroatoms. The van der Waals surface area contributed by atoms with Crippen molar-refractivity contribution in [3.05, 3.63) is 101 Å². The van der Waals surface area contributed by atoms with Crippen molar-refractivity contribution in [3.63, 3.8) is 0 Å². The number of amides is 3. The van der Waals surface area contributed by atoms with E-state index >= 15 is 0 Å². The summed E-state index contributed by atoms with van der Waals surface area (Å²) in [7, 11) is 0. The first-order valence-corrected chi connectivity index (χ1v) is 11.2. The monoisotopic (exact) mass is 453 g/mol. The third-order valence-electron chi connectivity index (χ3n) is 5.91. The van der Waals surface area contributed by atoms with Gasteiger partial charge in [-0.25, -0.2) is 0 Å². The molecule has 2 N–H and O–H groups in total. The molecule has 6 nitrogen and oxygen atoms in total. The first kappa shape index (κ1) is 23.0. The van der Waals surface area contributed by atoms with Crippen molar-refractivity contribution >= 4 is 34.7 Å². The molecule has 0 saturated heterocycles. The summed E-state index contributed by atoms with van der Waals surface area (Å²) in [5, 5.41) is 5.93. The molecule has 0 bridgehead atoms. The Kier molecular flexibility index (Phi) is 6.59. The second-order valence-electron chi connectivity index (χ2n) is 8.43. The SMILES string of the molecule is CC(=O)Nc1ccc(C2=C(Nc3ccc(C)c(C)c3)C(=O)N(CCc3ccccc3)C2=O)cc1. The first-order chi connectivity index (χ1) is 16.3. The maximum atomic E-state index is 13.5. The van der Waals surface area contributed by atoms with Gasteiger partial charge in [-0.15, -0.1) is 0 Å². The quantitative estimate of drug-likeness (QED) is 0.509. The van der Waals surface area contributed by atoms with Crippen LogP contribution in [0.15, 0.2) is 78.5 Å². The van der Waals surface area contributed by atoms with Crippen LogP contribution in [0.3, 0.4) is 0 Å². The molecule has 0 atom stereocenters. The highest BCUT2D eigenvalue weighted by Gasteiger charge is 2.39. The minimum atomic E-state index is -0.347. The molecule has 0 spiro atoms. The smallest absolute Gasteiger partial charge is 0.278 e. The summed E-state index contributed by atoms with van der Waals surface area (Å²) in [5.74, 6) is -0.858. The van der Waals surface area contributed by atoms with Gasteiger partial charge in [0.05, 0.1) is 5.57 Å². The summed E-state index contributed by atoms with van der Waals surface area (Å²) in [6, 6.07) is 22.6. The minimum absolute atomic E-state index is 0.178. The van der Waals surface area contributed by atoms with Crippen molar-refractivity contribution in [2.75, 3.05) is 17.2 Å². The maximum Gasteiger partial charge on any atom is 0.278 e. The molecule has 172 valence electrons. The van der Waals surface area contributed by atoms with Gasteiger partial charge in [0.1, 0.15) is 5.70 Å². The molecule has 0 unspecified atom stereocenters. The number of nitrogens with one attached hydrogen (secondary N) is 2. The summed E-state index contributed by atoms with van der Waals surface area (Å²) in [6.07, 6.45) is 0.573. The van der Waals surface area contributed by atoms with Gasteiger partial charge >= 0.3 is 0 Å². The van der Waals surface area contributed by atoms with Gasteiger partial charge in [0, 0.05) is 24.8 Å². The van der Waals surface area contributed by atoms with Crippen LogP contribution in [0.25, 0.3) is 5.57 Å². The minimum Gasteiger partial charge on any atom is -0.350 e. The van der Waals surface area contributed by atoms with Gasteiger partial charge in [-0.05, 0) is 66.8 Å². The lowest BCUT2D eigenvalue weighted by molar-refractivity contribution is -0.136. The maximum absolute atomic E-state index is 13.5. The van der Waals surface area contributed by atoms with Crippen LogP contribution in [0.4, 0.5) is 11.4 Å². The van der Waals surface area contributed by atoms with Crippen LogP contribution in [0.5, 0.6) is 0 Å². The van der Waals surface area contributed by atoms with Crippen LogP contribution >= 0.6 is 0 Å². The van der Waals surface area contributed by atoms with Gasteiger partial charge < -0.3 is 10.6 Å². The average Bonchev–Trinajstić information content (AvgIpc) is 3.04. The van der Waals surface area contributed by atoms with Crippen LogP contribution < -0.4 is 10.6 Å².